The van der Waals surface area contributed by atoms with Crippen LogP contribution in [-0.2, 0) is 9.59 Å². The summed E-state index contributed by atoms with van der Waals surface area (Å²) in [6, 6.07) is 12.4. The van der Waals surface area contributed by atoms with Gasteiger partial charge in [-0.05, 0) is 24.3 Å². The monoisotopic (exact) mass is 427 g/mol. The molecule has 1 aliphatic rings. The summed E-state index contributed by atoms with van der Waals surface area (Å²) in [5.74, 6) is -0.117. The maximum atomic E-state index is 12.6. The summed E-state index contributed by atoms with van der Waals surface area (Å²) in [7, 11) is 1.53. The van der Waals surface area contributed by atoms with Crippen LogP contribution in [0.1, 0.15) is 12.0 Å². The van der Waals surface area contributed by atoms with Gasteiger partial charge in [0.1, 0.15) is 11.0 Å². The molecular formula is C19H17N5O5S. The van der Waals surface area contributed by atoms with Crippen LogP contribution in [0.15, 0.2) is 58.7 Å². The van der Waals surface area contributed by atoms with Crippen LogP contribution in [-0.4, -0.2) is 40.5 Å². The van der Waals surface area contributed by atoms with E-state index in [4.69, 9.17) is 10.5 Å². The Kier molecular flexibility index (Phi) is 6.42. The number of nitrogens with zero attached hydrogens (tertiary/aromatic N) is 4. The fourth-order valence-electron chi connectivity index (χ4n) is 2.74. The van der Waals surface area contributed by atoms with Crippen molar-refractivity contribution in [2.24, 2.45) is 15.9 Å². The summed E-state index contributed by atoms with van der Waals surface area (Å²) in [5, 5.41) is 17.7. The molecule has 10 nitrogen and oxygen atoms in total. The summed E-state index contributed by atoms with van der Waals surface area (Å²) >= 11 is 0.937. The van der Waals surface area contributed by atoms with Crippen molar-refractivity contribution in [3.63, 3.8) is 0 Å². The molecule has 30 heavy (non-hydrogen) atoms. The van der Waals surface area contributed by atoms with Crippen molar-refractivity contribution < 1.29 is 19.2 Å². The number of carbonyl (C=O) groups excluding carboxylic acids is 2. The van der Waals surface area contributed by atoms with Crippen LogP contribution >= 0.6 is 11.8 Å². The lowest BCUT2D eigenvalue weighted by molar-refractivity contribution is -0.384. The lowest BCUT2D eigenvalue weighted by Crippen LogP contribution is -2.31. The number of hydrogen-bond acceptors (Lipinski definition) is 8. The molecule has 0 radical (unpaired) electrons. The zero-order valence-electron chi connectivity index (χ0n) is 15.8. The number of hydrogen-bond donors (Lipinski definition) is 1. The number of rotatable bonds is 6. The van der Waals surface area contributed by atoms with Gasteiger partial charge in [0.2, 0.25) is 11.8 Å². The summed E-state index contributed by atoms with van der Waals surface area (Å²) in [6.45, 7) is 0. The molecule has 1 atom stereocenters. The number of nitro groups is 1. The van der Waals surface area contributed by atoms with Crippen LogP contribution in [0.5, 0.6) is 5.75 Å². The van der Waals surface area contributed by atoms with Gasteiger partial charge in [-0.15, -0.1) is 5.10 Å². The summed E-state index contributed by atoms with van der Waals surface area (Å²) in [5.41, 5.74) is 6.67. The van der Waals surface area contributed by atoms with Crippen molar-refractivity contribution in [3.8, 4) is 5.75 Å². The molecule has 11 heteroatoms. The van der Waals surface area contributed by atoms with Gasteiger partial charge in [-0.2, -0.15) is 5.10 Å². The first kappa shape index (κ1) is 21.0. The van der Waals surface area contributed by atoms with E-state index in [2.05, 4.69) is 10.2 Å². The summed E-state index contributed by atoms with van der Waals surface area (Å²) < 4.78 is 5.08. The van der Waals surface area contributed by atoms with Crippen LogP contribution in [0.3, 0.4) is 0 Å². The molecule has 2 N–H and O–H groups in total. The first-order chi connectivity index (χ1) is 14.4. The van der Waals surface area contributed by atoms with Gasteiger partial charge in [0.15, 0.2) is 5.17 Å². The minimum atomic E-state index is -0.712. The molecule has 1 aliphatic heterocycles. The molecule has 0 aromatic heterocycles. The number of carbonyl (C=O) groups is 2. The van der Waals surface area contributed by atoms with Crippen LogP contribution in [0, 0.1) is 10.1 Å². The maximum absolute atomic E-state index is 12.6. The normalized spacial score (nSPS) is 17.0. The predicted molar refractivity (Wildman–Crippen MR) is 114 cm³/mol. The number of non-ortho nitro benzene ring substituents is 1. The number of anilines is 1. The molecule has 3 rings (SSSR count). The van der Waals surface area contributed by atoms with Gasteiger partial charge >= 0.3 is 0 Å². The Morgan fingerprint density at radius 1 is 1.30 bits per heavy atom. The van der Waals surface area contributed by atoms with Gasteiger partial charge in [0.25, 0.3) is 5.69 Å². The van der Waals surface area contributed by atoms with Gasteiger partial charge in [-0.25, -0.2) is 4.90 Å². The molecular weight excluding hydrogens is 410 g/mol. The zero-order chi connectivity index (χ0) is 21.7. The average Bonchev–Trinajstić information content (AvgIpc) is 3.01. The highest BCUT2D eigenvalue weighted by molar-refractivity contribution is 8.14. The minimum absolute atomic E-state index is 0.000545. The molecule has 2 aromatic rings. The Morgan fingerprint density at radius 2 is 2.03 bits per heavy atom. The Hall–Kier alpha value is -3.73. The quantitative estimate of drug-likeness (QED) is 0.245. The van der Waals surface area contributed by atoms with Crippen molar-refractivity contribution in [1.82, 2.24) is 0 Å². The fourth-order valence-corrected chi connectivity index (χ4v) is 3.56. The minimum Gasteiger partial charge on any atom is -0.497 e. The predicted octanol–water partition coefficient (Wildman–Crippen LogP) is 2.32. The smallest absolute Gasteiger partial charge is 0.270 e. The average molecular weight is 427 g/mol. The second-order valence-corrected chi connectivity index (χ2v) is 7.33. The van der Waals surface area contributed by atoms with Crippen molar-refractivity contribution in [1.29, 1.82) is 0 Å². The van der Waals surface area contributed by atoms with Crippen molar-refractivity contribution in [2.75, 3.05) is 12.0 Å². The first-order valence-electron chi connectivity index (χ1n) is 8.67. The molecule has 0 aliphatic carbocycles. The highest BCUT2D eigenvalue weighted by Gasteiger charge is 2.40. The van der Waals surface area contributed by atoms with Gasteiger partial charge in [0.05, 0.1) is 23.9 Å². The Morgan fingerprint density at radius 3 is 2.70 bits per heavy atom. The molecule has 0 bridgehead atoms. The molecule has 1 heterocycles. The van der Waals surface area contributed by atoms with Crippen LogP contribution in [0.2, 0.25) is 0 Å². The third kappa shape index (κ3) is 4.81. The van der Waals surface area contributed by atoms with Crippen molar-refractivity contribution >= 4 is 46.3 Å². The van der Waals surface area contributed by atoms with Crippen LogP contribution in [0.4, 0.5) is 11.4 Å². The number of thioether (sulfide) groups is 1. The van der Waals surface area contributed by atoms with E-state index in [9.17, 15) is 19.7 Å². The fraction of sp³-hybridized carbons (Fsp3) is 0.158. The number of imide groups is 1. The van der Waals surface area contributed by atoms with E-state index < -0.39 is 16.1 Å². The number of benzene rings is 2. The standard InChI is InChI=1S/C19H17N5O5S/c1-29-15-7-5-13(6-8-15)23-17(25)10-16(18(23)26)30-19(20)22-21-11-12-3-2-4-14(9-12)24(27)28/h2-9,11,16H,10H2,1H3,(H2,20,22)/b21-11-/t16-/m1/s1. The van der Waals surface area contributed by atoms with Gasteiger partial charge < -0.3 is 10.5 Å². The molecule has 1 fully saturated rings. The lowest BCUT2D eigenvalue weighted by Gasteiger charge is -2.15. The molecule has 2 amide bonds. The number of methoxy groups -OCH3 is 1. The summed E-state index contributed by atoms with van der Waals surface area (Å²) in [4.78, 5) is 36.3. The van der Waals surface area contributed by atoms with E-state index in [-0.39, 0.29) is 23.2 Å². The highest BCUT2D eigenvalue weighted by atomic mass is 32.2. The number of nitro benzene ring substituents is 1. The van der Waals surface area contributed by atoms with E-state index in [1.165, 1.54) is 31.5 Å². The number of ether oxygens (including phenoxy) is 1. The third-order valence-corrected chi connectivity index (χ3v) is 5.12. The van der Waals surface area contributed by atoms with Gasteiger partial charge in [0, 0.05) is 24.1 Å². The molecule has 2 aromatic carbocycles. The largest absolute Gasteiger partial charge is 0.497 e. The van der Waals surface area contributed by atoms with Gasteiger partial charge in [-0.1, -0.05) is 23.9 Å². The third-order valence-electron chi connectivity index (χ3n) is 4.14. The SMILES string of the molecule is COc1ccc(N2C(=O)C[C@@H](SC(N)=N/N=C\c3cccc([N+](=O)[O-])c3)C2=O)cc1. The second-order valence-electron chi connectivity index (χ2n) is 6.11. The zero-order valence-corrected chi connectivity index (χ0v) is 16.6. The molecule has 0 saturated carbocycles. The topological polar surface area (TPSA) is 140 Å². The second kappa shape index (κ2) is 9.18. The van der Waals surface area contributed by atoms with E-state index in [1.807, 2.05) is 0 Å². The molecule has 1 saturated heterocycles. The highest BCUT2D eigenvalue weighted by Crippen LogP contribution is 2.30. The van der Waals surface area contributed by atoms with E-state index in [1.54, 1.807) is 30.3 Å². The Labute approximate surface area is 175 Å². The first-order valence-corrected chi connectivity index (χ1v) is 9.55. The molecule has 154 valence electrons. The van der Waals surface area contributed by atoms with Crippen LogP contribution in [0.25, 0.3) is 0 Å². The Bertz CT molecular complexity index is 1040. The van der Waals surface area contributed by atoms with Crippen molar-refractivity contribution in [2.45, 2.75) is 11.7 Å². The molecule has 0 spiro atoms. The molecule has 0 unspecified atom stereocenters. The maximum Gasteiger partial charge on any atom is 0.270 e. The van der Waals surface area contributed by atoms with E-state index in [0.29, 0.717) is 17.0 Å². The lowest BCUT2D eigenvalue weighted by atomic mass is 10.2. The summed E-state index contributed by atoms with van der Waals surface area (Å²) in [6.07, 6.45) is 1.30. The number of amides is 2. The van der Waals surface area contributed by atoms with Gasteiger partial charge in [-0.3, -0.25) is 19.7 Å². The van der Waals surface area contributed by atoms with Crippen LogP contribution < -0.4 is 15.4 Å². The Balaban J connectivity index is 1.65. The number of amidine groups is 1. The van der Waals surface area contributed by atoms with E-state index >= 15 is 0 Å². The number of nitrogens with two attached hydrogens (primary N) is 1. The van der Waals surface area contributed by atoms with Crippen molar-refractivity contribution in [3.05, 3.63) is 64.2 Å². The van der Waals surface area contributed by atoms with E-state index in [0.717, 1.165) is 16.7 Å².